The van der Waals surface area contributed by atoms with Gasteiger partial charge in [0.2, 0.25) is 0 Å². The first-order valence-electron chi connectivity index (χ1n) is 13.0. The second-order valence-corrected chi connectivity index (χ2v) is 12.8. The number of fused-ring (bicyclic) bond motifs is 7. The van der Waals surface area contributed by atoms with E-state index in [4.69, 9.17) is 16.4 Å². The Morgan fingerprint density at radius 1 is 1.27 bits per heavy atom. The highest BCUT2D eigenvalue weighted by molar-refractivity contribution is 6.30. The fourth-order valence-corrected chi connectivity index (χ4v) is 9.38. The first-order valence-corrected chi connectivity index (χ1v) is 13.4. The Kier molecular flexibility index (Phi) is 5.44. The number of rotatable bonds is 3. The minimum Gasteiger partial charge on any atom is -0.393 e. The van der Waals surface area contributed by atoms with Crippen LogP contribution in [0, 0.1) is 34.0 Å². The van der Waals surface area contributed by atoms with E-state index < -0.39 is 46.5 Å². The monoisotopic (exact) mass is 529 g/mol. The van der Waals surface area contributed by atoms with Crippen LogP contribution < -0.4 is 5.06 Å². The molecule has 0 bridgehead atoms. The summed E-state index contributed by atoms with van der Waals surface area (Å²) in [6.45, 7) is 5.74. The minimum absolute atomic E-state index is 0.171. The summed E-state index contributed by atoms with van der Waals surface area (Å²) in [5.41, 5.74) is -2.43. The Morgan fingerprint density at radius 2 is 2.03 bits per heavy atom. The maximum atomic E-state index is 15.8. The van der Waals surface area contributed by atoms with Gasteiger partial charge < -0.3 is 10.2 Å². The molecule has 4 fully saturated rings. The zero-order valence-corrected chi connectivity index (χ0v) is 22.0. The van der Waals surface area contributed by atoms with Crippen LogP contribution in [0.25, 0.3) is 0 Å². The molecule has 8 heteroatoms. The molecule has 1 saturated heterocycles. The lowest BCUT2D eigenvalue weighted by molar-refractivity contribution is -0.216. The van der Waals surface area contributed by atoms with Gasteiger partial charge in [-0.2, -0.15) is 0 Å². The van der Waals surface area contributed by atoms with Crippen LogP contribution in [0.1, 0.15) is 40.0 Å². The second kappa shape index (κ2) is 7.98. The van der Waals surface area contributed by atoms with Crippen molar-refractivity contribution in [3.63, 3.8) is 0 Å². The quantitative estimate of drug-likeness (QED) is 0.609. The number of hydrogen-bond acceptors (Lipinski definition) is 6. The van der Waals surface area contributed by atoms with Crippen LogP contribution >= 0.6 is 11.6 Å². The number of halogens is 2. The van der Waals surface area contributed by atoms with Crippen molar-refractivity contribution in [1.29, 1.82) is 0 Å². The Labute approximate surface area is 221 Å². The first-order chi connectivity index (χ1) is 17.4. The second-order valence-electron chi connectivity index (χ2n) is 12.3. The third-order valence-electron chi connectivity index (χ3n) is 10.9. The van der Waals surface area contributed by atoms with Crippen molar-refractivity contribution in [1.82, 2.24) is 0 Å². The minimum atomic E-state index is -1.37. The molecule has 9 atom stereocenters. The summed E-state index contributed by atoms with van der Waals surface area (Å²) in [4.78, 5) is 32.4. The number of Topliss-reactive ketones (excluding diaryl/α,β-unsaturated/α-hetero) is 1. The molecule has 0 radical (unpaired) electrons. The highest BCUT2D eigenvalue weighted by atomic mass is 35.5. The van der Waals surface area contributed by atoms with Crippen LogP contribution in [0.3, 0.4) is 0 Å². The van der Waals surface area contributed by atoms with E-state index in [2.05, 4.69) is 6.92 Å². The molecule has 3 saturated carbocycles. The largest absolute Gasteiger partial charge is 0.393 e. The van der Waals surface area contributed by atoms with E-state index >= 15 is 4.39 Å². The lowest BCUT2D eigenvalue weighted by Crippen LogP contribution is -2.67. The lowest BCUT2D eigenvalue weighted by atomic mass is 9.41. The topological polar surface area (TPSA) is 87.1 Å². The SMILES string of the molecule is CC12C=CC(=O)C=C1C(F)CC1C2C(O)CC2(C)C1(C)CC1CN(c3cccc(Cl)c3)OC12C(=O)CO. The van der Waals surface area contributed by atoms with Gasteiger partial charge in [-0.3, -0.25) is 19.5 Å². The number of alkyl halides is 1. The molecule has 0 spiro atoms. The van der Waals surface area contributed by atoms with E-state index in [1.165, 1.54) is 12.2 Å². The number of benzene rings is 1. The Hall–Kier alpha value is -2.06. The summed E-state index contributed by atoms with van der Waals surface area (Å²) < 4.78 is 15.8. The van der Waals surface area contributed by atoms with Crippen molar-refractivity contribution in [3.05, 3.63) is 53.1 Å². The van der Waals surface area contributed by atoms with E-state index in [9.17, 15) is 19.8 Å². The number of carbonyl (C=O) groups is 2. The number of hydroxylamine groups is 1. The molecule has 1 aromatic carbocycles. The maximum Gasteiger partial charge on any atom is 0.193 e. The van der Waals surface area contributed by atoms with Crippen LogP contribution in [-0.4, -0.2) is 52.8 Å². The van der Waals surface area contributed by atoms with Gasteiger partial charge in [0.25, 0.3) is 0 Å². The molecular weight excluding hydrogens is 497 g/mol. The van der Waals surface area contributed by atoms with Crippen LogP contribution in [0.4, 0.5) is 10.1 Å². The van der Waals surface area contributed by atoms with Crippen molar-refractivity contribution < 1.29 is 29.0 Å². The molecule has 5 aliphatic rings. The Bertz CT molecular complexity index is 1250. The normalized spacial score (nSPS) is 46.1. The standard InChI is InChI=1S/C29H33ClFNO5/c1-26-8-7-19(34)10-20(26)22(31)11-21-25(26)23(35)13-28(3)27(21,2)12-16-14-32(18-6-4-5-17(30)9-18)37-29(16,28)24(36)15-33/h4-10,16,21-23,25,33,35H,11-15H2,1-3H3. The van der Waals surface area contributed by atoms with Gasteiger partial charge in [-0.15, -0.1) is 0 Å². The predicted octanol–water partition coefficient (Wildman–Crippen LogP) is 4.23. The van der Waals surface area contributed by atoms with Crippen LogP contribution in [0.5, 0.6) is 0 Å². The summed E-state index contributed by atoms with van der Waals surface area (Å²) in [5, 5.41) is 24.1. The van der Waals surface area contributed by atoms with E-state index in [0.29, 0.717) is 29.2 Å². The zero-order chi connectivity index (χ0) is 26.5. The average molecular weight is 530 g/mol. The third-order valence-corrected chi connectivity index (χ3v) is 11.1. The van der Waals surface area contributed by atoms with Crippen LogP contribution in [0.2, 0.25) is 5.02 Å². The molecule has 198 valence electrons. The molecule has 6 rings (SSSR count). The van der Waals surface area contributed by atoms with Crippen LogP contribution in [0.15, 0.2) is 48.1 Å². The van der Waals surface area contributed by atoms with Gasteiger partial charge in [0.1, 0.15) is 12.8 Å². The molecule has 9 unspecified atom stereocenters. The molecule has 1 heterocycles. The summed E-state index contributed by atoms with van der Waals surface area (Å²) in [5.74, 6) is -1.47. The van der Waals surface area contributed by atoms with Crippen LogP contribution in [-0.2, 0) is 14.4 Å². The summed E-state index contributed by atoms with van der Waals surface area (Å²) in [7, 11) is 0. The number of anilines is 1. The van der Waals surface area contributed by atoms with Crippen molar-refractivity contribution in [3.8, 4) is 0 Å². The van der Waals surface area contributed by atoms with E-state index in [0.717, 1.165) is 0 Å². The van der Waals surface area contributed by atoms with Gasteiger partial charge in [-0.25, -0.2) is 4.39 Å². The third kappa shape index (κ3) is 3.03. The van der Waals surface area contributed by atoms with Crippen molar-refractivity contribution in [2.45, 2.75) is 57.9 Å². The first kappa shape index (κ1) is 25.2. The number of aliphatic hydroxyl groups excluding tert-OH is 2. The van der Waals surface area contributed by atoms with E-state index in [1.807, 2.05) is 26.0 Å². The van der Waals surface area contributed by atoms with Crippen molar-refractivity contribution >= 4 is 28.9 Å². The zero-order valence-electron chi connectivity index (χ0n) is 21.3. The summed E-state index contributed by atoms with van der Waals surface area (Å²) in [6.07, 6.45) is 3.50. The Balaban J connectivity index is 1.46. The number of allylic oxidation sites excluding steroid dienone is 4. The van der Waals surface area contributed by atoms with E-state index in [1.54, 1.807) is 23.3 Å². The maximum absolute atomic E-state index is 15.8. The predicted molar refractivity (Wildman–Crippen MR) is 136 cm³/mol. The number of carbonyl (C=O) groups excluding carboxylic acids is 2. The van der Waals surface area contributed by atoms with Crippen molar-refractivity contribution in [2.24, 2.45) is 34.0 Å². The highest BCUT2D eigenvalue weighted by Gasteiger charge is 2.79. The van der Waals surface area contributed by atoms with Gasteiger partial charge in [-0.05, 0) is 66.5 Å². The number of hydrogen-bond donors (Lipinski definition) is 2. The fourth-order valence-electron chi connectivity index (χ4n) is 9.20. The smallest absolute Gasteiger partial charge is 0.193 e. The highest BCUT2D eigenvalue weighted by Crippen LogP contribution is 2.76. The van der Waals surface area contributed by atoms with Gasteiger partial charge in [0.05, 0.1) is 18.3 Å². The molecule has 0 amide bonds. The molecule has 0 aromatic heterocycles. The average Bonchev–Trinajstić information content (AvgIpc) is 3.31. The number of ketones is 2. The Morgan fingerprint density at radius 3 is 2.73 bits per heavy atom. The molecule has 1 aliphatic heterocycles. The molecule has 6 nitrogen and oxygen atoms in total. The molecular formula is C29H33ClFNO5. The summed E-state index contributed by atoms with van der Waals surface area (Å²) in [6, 6.07) is 7.21. The van der Waals surface area contributed by atoms with Gasteiger partial charge in [0, 0.05) is 27.7 Å². The van der Waals surface area contributed by atoms with E-state index in [-0.39, 0.29) is 36.4 Å². The van der Waals surface area contributed by atoms with Gasteiger partial charge >= 0.3 is 0 Å². The molecule has 2 N–H and O–H groups in total. The number of aliphatic hydroxyl groups is 2. The molecule has 4 aliphatic carbocycles. The summed E-state index contributed by atoms with van der Waals surface area (Å²) >= 11 is 6.23. The molecule has 1 aromatic rings. The fraction of sp³-hybridized carbons (Fsp3) is 0.586. The molecule has 37 heavy (non-hydrogen) atoms. The lowest BCUT2D eigenvalue weighted by Gasteiger charge is -2.64. The number of nitrogens with zero attached hydrogens (tertiary/aromatic N) is 1. The van der Waals surface area contributed by atoms with Gasteiger partial charge in [0.15, 0.2) is 17.2 Å². The van der Waals surface area contributed by atoms with Gasteiger partial charge in [-0.1, -0.05) is 44.5 Å². The van der Waals surface area contributed by atoms with Crippen molar-refractivity contribution in [2.75, 3.05) is 18.2 Å².